The molecule has 3 nitrogen and oxygen atoms in total. The molecule has 0 fully saturated rings. The van der Waals surface area contributed by atoms with E-state index in [4.69, 9.17) is 9.84 Å². The third-order valence-electron chi connectivity index (χ3n) is 2.03. The summed E-state index contributed by atoms with van der Waals surface area (Å²) in [5.74, 6) is 0. The van der Waals surface area contributed by atoms with E-state index in [1.807, 2.05) is 0 Å². The van der Waals surface area contributed by atoms with E-state index in [1.165, 1.54) is 10.6 Å². The molecule has 0 radical (unpaired) electrons. The summed E-state index contributed by atoms with van der Waals surface area (Å²) in [7, 11) is -4.29. The first-order valence-electron chi connectivity index (χ1n) is 5.23. The van der Waals surface area contributed by atoms with Crippen LogP contribution in [0.1, 0.15) is 10.6 Å². The Morgan fingerprint density at radius 2 is 1.94 bits per heavy atom. The highest BCUT2D eigenvalue weighted by Crippen LogP contribution is 2.10. The lowest BCUT2D eigenvalue weighted by Crippen LogP contribution is -2.36. The highest BCUT2D eigenvalue weighted by Gasteiger charge is 2.20. The molecule has 0 unspecified atom stereocenters. The van der Waals surface area contributed by atoms with Gasteiger partial charge in [0.1, 0.15) is 6.61 Å². The van der Waals surface area contributed by atoms with E-state index in [0.717, 1.165) is 19.6 Å². The number of ether oxygens (including phenoxy) is 1. The molecule has 0 spiro atoms. The Morgan fingerprint density at radius 3 is 2.39 bits per heavy atom. The molecule has 9 heteroatoms. The summed E-state index contributed by atoms with van der Waals surface area (Å²) < 4.78 is 46.2. The van der Waals surface area contributed by atoms with E-state index in [1.54, 1.807) is 18.4 Å². The van der Waals surface area contributed by atoms with Gasteiger partial charge in [0.15, 0.2) is 12.2 Å². The van der Waals surface area contributed by atoms with Crippen LogP contribution in [0.4, 0.5) is 17.3 Å². The molecule has 0 aliphatic rings. The van der Waals surface area contributed by atoms with Crippen molar-refractivity contribution in [2.45, 2.75) is 19.9 Å². The fourth-order valence-electron chi connectivity index (χ4n) is 1.20. The van der Waals surface area contributed by atoms with E-state index in [2.05, 4.69) is 17.0 Å². The third-order valence-corrected chi connectivity index (χ3v) is 3.18. The maximum Gasteiger partial charge on any atom is 0.673 e. The Morgan fingerprint density at radius 1 is 1.39 bits per heavy atom. The van der Waals surface area contributed by atoms with Crippen LogP contribution in [0.5, 0.6) is 0 Å². The number of rotatable bonds is 5. The van der Waals surface area contributed by atoms with Crippen LogP contribution in [0.3, 0.4) is 0 Å². The Bertz CT molecular complexity index is 340. The number of aliphatic hydroxyl groups excluding tert-OH is 1. The number of hydrogen-bond acceptors (Lipinski definition) is 3. The molecule has 1 aromatic rings. The Labute approximate surface area is 107 Å². The lowest BCUT2D eigenvalue weighted by Gasteiger charge is -1.95. The first-order valence-corrected chi connectivity index (χ1v) is 6.11. The number of hydrogen-bond donors (Lipinski definition) is 1. The van der Waals surface area contributed by atoms with Crippen LogP contribution in [0.15, 0.2) is 5.51 Å². The van der Waals surface area contributed by atoms with Crippen LogP contribution >= 0.6 is 11.3 Å². The van der Waals surface area contributed by atoms with Crippen molar-refractivity contribution < 1.29 is 31.7 Å². The summed E-state index contributed by atoms with van der Waals surface area (Å²) >= 11 is 1.70. The van der Waals surface area contributed by atoms with Crippen LogP contribution in [0, 0.1) is 6.92 Å². The number of aromatic nitrogens is 1. The van der Waals surface area contributed by atoms with Gasteiger partial charge in [-0.3, -0.25) is 0 Å². The molecule has 1 heterocycles. The monoisotopic (exact) mass is 289 g/mol. The second kappa shape index (κ2) is 8.44. The Kier molecular flexibility index (Phi) is 8.13. The number of halogens is 4. The Balaban J connectivity index is 0.000000494. The molecule has 0 aliphatic heterocycles. The zero-order valence-electron chi connectivity index (χ0n) is 10.2. The molecular weight excluding hydrogens is 273 g/mol. The Hall–Kier alpha value is -0.665. The van der Waals surface area contributed by atoms with Crippen molar-refractivity contribution in [3.8, 4) is 0 Å². The van der Waals surface area contributed by atoms with Gasteiger partial charge in [-0.15, -0.1) is 0 Å². The van der Waals surface area contributed by atoms with Crippen LogP contribution in [0.2, 0.25) is 0 Å². The summed E-state index contributed by atoms with van der Waals surface area (Å²) in [5, 5.41) is 8.80. The first kappa shape index (κ1) is 17.3. The molecule has 0 saturated carbocycles. The fraction of sp³-hybridized carbons (Fsp3) is 0.667. The molecule has 0 atom stereocenters. The van der Waals surface area contributed by atoms with E-state index >= 15 is 0 Å². The highest BCUT2D eigenvalue weighted by atomic mass is 32.1. The van der Waals surface area contributed by atoms with Crippen LogP contribution < -0.4 is 4.57 Å². The van der Waals surface area contributed by atoms with Crippen molar-refractivity contribution in [2.75, 3.05) is 20.3 Å². The van der Waals surface area contributed by atoms with Gasteiger partial charge in [-0.1, -0.05) is 11.3 Å². The minimum Gasteiger partial charge on any atom is -0.418 e. The average Bonchev–Trinajstić information content (AvgIpc) is 2.56. The number of aliphatic hydroxyl groups is 1. The van der Waals surface area contributed by atoms with Gasteiger partial charge in [-0.2, -0.15) is 4.57 Å². The minimum atomic E-state index is -6.00. The normalized spacial score (nSPS) is 11.1. The van der Waals surface area contributed by atoms with E-state index < -0.39 is 7.25 Å². The van der Waals surface area contributed by atoms with Crippen molar-refractivity contribution in [3.05, 3.63) is 16.1 Å². The summed E-state index contributed by atoms with van der Waals surface area (Å²) in [6.07, 6.45) is 0.760. The minimum absolute atomic E-state index is 0.228. The smallest absolute Gasteiger partial charge is 0.418 e. The third kappa shape index (κ3) is 8.43. The van der Waals surface area contributed by atoms with Gasteiger partial charge in [0.25, 0.3) is 0 Å². The predicted octanol–water partition coefficient (Wildman–Crippen LogP) is 1.83. The summed E-state index contributed by atoms with van der Waals surface area (Å²) in [6, 6.07) is 0. The molecule has 1 aromatic heterocycles. The van der Waals surface area contributed by atoms with Crippen molar-refractivity contribution in [3.63, 3.8) is 0 Å². The number of thiazole rings is 1. The fourth-order valence-corrected chi connectivity index (χ4v) is 2.22. The molecule has 0 saturated heterocycles. The molecule has 0 amide bonds. The van der Waals surface area contributed by atoms with Crippen LogP contribution in [-0.2, 0) is 17.7 Å². The van der Waals surface area contributed by atoms with E-state index in [0.29, 0.717) is 0 Å². The quantitative estimate of drug-likeness (QED) is 0.509. The van der Waals surface area contributed by atoms with Crippen LogP contribution in [0.25, 0.3) is 0 Å². The maximum atomic E-state index is 9.75. The van der Waals surface area contributed by atoms with Crippen molar-refractivity contribution in [1.82, 2.24) is 0 Å². The van der Waals surface area contributed by atoms with E-state index in [-0.39, 0.29) is 6.61 Å². The van der Waals surface area contributed by atoms with Gasteiger partial charge in [0, 0.05) is 27.1 Å². The first-order chi connectivity index (χ1) is 8.29. The number of methoxy groups -OCH3 is 1. The molecule has 0 aromatic carbocycles. The lowest BCUT2D eigenvalue weighted by atomic mass is 10.3. The van der Waals surface area contributed by atoms with Crippen molar-refractivity contribution in [1.29, 1.82) is 0 Å². The second-order valence-electron chi connectivity index (χ2n) is 3.39. The summed E-state index contributed by atoms with van der Waals surface area (Å²) in [6.45, 7) is 3.94. The number of nitrogens with zero attached hydrogens (tertiary/aromatic N) is 1. The average molecular weight is 289 g/mol. The van der Waals surface area contributed by atoms with Gasteiger partial charge >= 0.3 is 7.25 Å². The van der Waals surface area contributed by atoms with Gasteiger partial charge in [-0.05, 0) is 0 Å². The largest absolute Gasteiger partial charge is 0.673 e. The maximum absolute atomic E-state index is 9.75. The molecule has 106 valence electrons. The molecular formula is C9H16BF4NO2S. The van der Waals surface area contributed by atoms with Gasteiger partial charge < -0.3 is 27.1 Å². The van der Waals surface area contributed by atoms with Gasteiger partial charge in [-0.25, -0.2) is 0 Å². The predicted molar refractivity (Wildman–Crippen MR) is 62.1 cm³/mol. The SMILES string of the molecule is COCC[n+]1csc(CCO)c1C.F[B-](F)(F)F. The topological polar surface area (TPSA) is 33.3 Å². The summed E-state index contributed by atoms with van der Waals surface area (Å²) in [5.41, 5.74) is 3.33. The standard InChI is InChI=1S/C9H16NO2S.BF4/c1-8-9(3-5-11)13-7-10(8)4-6-12-2;2-1(3,4)5/h7,11H,3-6H2,1-2H3;/q+1;-1. The van der Waals surface area contributed by atoms with Gasteiger partial charge in [0.05, 0.1) is 4.88 Å². The lowest BCUT2D eigenvalue weighted by molar-refractivity contribution is -0.699. The second-order valence-corrected chi connectivity index (χ2v) is 4.33. The zero-order valence-corrected chi connectivity index (χ0v) is 11.0. The molecule has 1 rings (SSSR count). The van der Waals surface area contributed by atoms with Crippen LogP contribution in [-0.4, -0.2) is 32.7 Å². The molecule has 18 heavy (non-hydrogen) atoms. The molecule has 0 aliphatic carbocycles. The van der Waals surface area contributed by atoms with E-state index in [9.17, 15) is 17.3 Å². The molecule has 1 N–H and O–H groups in total. The van der Waals surface area contributed by atoms with Crippen molar-refractivity contribution in [2.24, 2.45) is 0 Å². The molecule has 0 bridgehead atoms. The zero-order chi connectivity index (χ0) is 14.2. The summed E-state index contributed by atoms with van der Waals surface area (Å²) in [4.78, 5) is 1.26. The van der Waals surface area contributed by atoms with Gasteiger partial charge in [0.2, 0.25) is 5.51 Å². The highest BCUT2D eigenvalue weighted by molar-refractivity contribution is 7.09. The van der Waals surface area contributed by atoms with Crippen molar-refractivity contribution >= 4 is 18.6 Å².